The first-order valence-electron chi connectivity index (χ1n) is 22.7. The number of nitrogens with one attached hydrogen (secondary N) is 2. The maximum Gasteiger partial charge on any atom is 0.573 e. The van der Waals surface area contributed by atoms with E-state index in [0.29, 0.717) is 19.3 Å². The van der Waals surface area contributed by atoms with Gasteiger partial charge in [0.2, 0.25) is 20.0 Å². The fourth-order valence-electron chi connectivity index (χ4n) is 9.28. The van der Waals surface area contributed by atoms with E-state index in [2.05, 4.69) is 36.0 Å². The van der Waals surface area contributed by atoms with Gasteiger partial charge in [-0.3, -0.25) is 0 Å². The van der Waals surface area contributed by atoms with Gasteiger partial charge in [0.25, 0.3) is 0 Å². The summed E-state index contributed by atoms with van der Waals surface area (Å²) in [5, 5.41) is 22.2. The number of benzene rings is 6. The molecule has 1 aliphatic carbocycles. The number of β-amino-alcohol motifs (C(OH)–C–C–N with tert-alkyl or cyclic N) is 1. The Morgan fingerprint density at radius 1 is 0.563 bits per heavy atom. The van der Waals surface area contributed by atoms with Gasteiger partial charge in [0, 0.05) is 29.3 Å². The number of alkyl halides is 6. The molecule has 2 aliphatic heterocycles. The van der Waals surface area contributed by atoms with Gasteiger partial charge < -0.3 is 29.5 Å². The van der Waals surface area contributed by atoms with E-state index in [1.54, 1.807) is 0 Å². The summed E-state index contributed by atoms with van der Waals surface area (Å²) >= 11 is 0. The third-order valence-corrected chi connectivity index (χ3v) is 15.4. The molecule has 9 rings (SSSR count). The number of para-hydroxylation sites is 4. The van der Waals surface area contributed by atoms with Crippen molar-refractivity contribution in [2.45, 2.75) is 91.8 Å². The van der Waals surface area contributed by atoms with Crippen molar-refractivity contribution in [1.29, 1.82) is 0 Å². The molecule has 12 nitrogen and oxygen atoms in total. The van der Waals surface area contributed by atoms with Gasteiger partial charge in [0.15, 0.2) is 0 Å². The van der Waals surface area contributed by atoms with Crippen LogP contribution in [0.1, 0.15) is 41.5 Å². The molecule has 3 aliphatic rings. The van der Waals surface area contributed by atoms with Crippen molar-refractivity contribution in [1.82, 2.24) is 9.44 Å². The molecule has 0 aromatic heterocycles. The van der Waals surface area contributed by atoms with Crippen LogP contribution in [0.3, 0.4) is 0 Å². The Hall–Kier alpha value is -6.16. The predicted molar refractivity (Wildman–Crippen MR) is 255 cm³/mol. The number of anilines is 4. The maximum absolute atomic E-state index is 13.1. The summed E-state index contributed by atoms with van der Waals surface area (Å²) in [6.07, 6.45) is -6.60. The van der Waals surface area contributed by atoms with Gasteiger partial charge in [-0.1, -0.05) is 72.8 Å². The fraction of sp³-hybridized carbons (Fsp3) is 0.294. The molecule has 0 radical (unpaired) electrons. The van der Waals surface area contributed by atoms with Gasteiger partial charge in [0.1, 0.15) is 11.5 Å². The molecule has 4 atom stereocenters. The SMILES string of the molecule is O=S(=O)(NC[C@H](O)CN1c2ccccc2CCc2ccccc21)c1ccc(OC(F)(F)F)cc1.O=S(=O)(N[C@@H]1CCCC(N2c3ccccc3CCc3ccccc32)[C@H]1O)c1ccc(OC(F)(F)F)cc1. The molecule has 71 heavy (non-hydrogen) atoms. The Kier molecular flexibility index (Phi) is 15.3. The molecule has 0 amide bonds. The van der Waals surface area contributed by atoms with E-state index in [0.717, 1.165) is 119 Å². The number of ether oxygens (including phenoxy) is 2. The van der Waals surface area contributed by atoms with Crippen molar-refractivity contribution in [2.75, 3.05) is 22.9 Å². The van der Waals surface area contributed by atoms with Crippen LogP contribution in [0.15, 0.2) is 155 Å². The maximum atomic E-state index is 13.1. The first-order chi connectivity index (χ1) is 33.7. The molecule has 6 aromatic carbocycles. The van der Waals surface area contributed by atoms with Crippen molar-refractivity contribution in [3.63, 3.8) is 0 Å². The number of halogens is 6. The Balaban J connectivity index is 0.000000191. The van der Waals surface area contributed by atoms with E-state index < -0.39 is 62.5 Å². The molecular formula is C51H50F6N4O8S2. The number of fused-ring (bicyclic) bond motifs is 4. The molecule has 0 saturated heterocycles. The minimum atomic E-state index is -4.87. The van der Waals surface area contributed by atoms with E-state index in [1.165, 1.54) is 0 Å². The Labute approximate surface area is 407 Å². The highest BCUT2D eigenvalue weighted by Crippen LogP contribution is 2.42. The lowest BCUT2D eigenvalue weighted by Crippen LogP contribution is -2.55. The largest absolute Gasteiger partial charge is 0.573 e. The van der Waals surface area contributed by atoms with Crippen LogP contribution >= 0.6 is 0 Å². The Morgan fingerprint density at radius 3 is 1.39 bits per heavy atom. The highest BCUT2D eigenvalue weighted by molar-refractivity contribution is 7.89. The summed E-state index contributed by atoms with van der Waals surface area (Å²) in [6.45, 7) is -0.126. The second kappa shape index (κ2) is 21.3. The summed E-state index contributed by atoms with van der Waals surface area (Å²) in [4.78, 5) is 3.69. The standard InChI is InChI=1S/C27H27F3N2O4S.C24H23F3N2O4S/c28-27(29,30)36-20-14-16-21(17-15-20)37(34,35)31-22-8-5-11-25(26(22)33)32-23-9-3-1-6-18(23)12-13-19-7-2-4-10-24(19)32;25-24(26,27)33-20-11-13-21(14-12-20)34(31,32)28-15-19(30)16-29-22-7-3-1-5-17(22)9-10-18-6-2-4-8-23(18)29/h1-4,6-7,9-10,14-17,22,25-26,31,33H,5,8,11-13H2;1-8,11-14,19,28,30H,9-10,15-16H2/t22-,25?,26+;19-/m10/s1. The number of aliphatic hydroxyl groups is 2. The number of rotatable bonds is 12. The van der Waals surface area contributed by atoms with Gasteiger partial charge in [0.05, 0.1) is 40.6 Å². The first kappa shape index (κ1) is 51.2. The van der Waals surface area contributed by atoms with Crippen molar-refractivity contribution in [2.24, 2.45) is 0 Å². The molecule has 20 heteroatoms. The summed E-state index contributed by atoms with van der Waals surface area (Å²) < 4.78 is 138. The molecule has 6 aromatic rings. The van der Waals surface area contributed by atoms with Crippen LogP contribution in [0.4, 0.5) is 49.1 Å². The number of hydrogen-bond donors (Lipinski definition) is 4. The van der Waals surface area contributed by atoms with E-state index in [4.69, 9.17) is 0 Å². The van der Waals surface area contributed by atoms with Crippen LogP contribution in [-0.2, 0) is 45.7 Å². The summed E-state index contributed by atoms with van der Waals surface area (Å²) in [5.41, 5.74) is 8.49. The van der Waals surface area contributed by atoms with E-state index in [1.807, 2.05) is 89.8 Å². The number of aliphatic hydroxyl groups excluding tert-OH is 2. The van der Waals surface area contributed by atoms with Crippen LogP contribution in [0.2, 0.25) is 0 Å². The number of hydrogen-bond acceptors (Lipinski definition) is 10. The van der Waals surface area contributed by atoms with Crippen LogP contribution in [0.5, 0.6) is 11.5 Å². The first-order valence-corrected chi connectivity index (χ1v) is 25.7. The average Bonchev–Trinajstić information content (AvgIpc) is 3.59. The van der Waals surface area contributed by atoms with Gasteiger partial charge >= 0.3 is 12.7 Å². The van der Waals surface area contributed by atoms with Crippen molar-refractivity contribution >= 4 is 42.8 Å². The zero-order valence-corrected chi connectivity index (χ0v) is 39.5. The van der Waals surface area contributed by atoms with Crippen LogP contribution < -0.4 is 28.7 Å². The van der Waals surface area contributed by atoms with E-state index in [9.17, 15) is 53.4 Å². The van der Waals surface area contributed by atoms with Gasteiger partial charge in [-0.25, -0.2) is 26.3 Å². The fourth-order valence-corrected chi connectivity index (χ4v) is 11.6. The van der Waals surface area contributed by atoms with E-state index >= 15 is 0 Å². The second-order valence-electron chi connectivity index (χ2n) is 17.3. The molecule has 4 N–H and O–H groups in total. The highest BCUT2D eigenvalue weighted by atomic mass is 32.2. The smallest absolute Gasteiger partial charge is 0.406 e. The zero-order valence-electron chi connectivity index (χ0n) is 37.9. The molecule has 376 valence electrons. The lowest BCUT2D eigenvalue weighted by molar-refractivity contribution is -0.275. The highest BCUT2D eigenvalue weighted by Gasteiger charge is 2.40. The Bertz CT molecular complexity index is 2920. The van der Waals surface area contributed by atoms with Gasteiger partial charge in [-0.2, -0.15) is 0 Å². The molecule has 1 fully saturated rings. The lowest BCUT2D eigenvalue weighted by atomic mass is 9.86. The molecule has 0 bridgehead atoms. The number of nitrogens with zero attached hydrogens (tertiary/aromatic N) is 2. The second-order valence-corrected chi connectivity index (χ2v) is 20.7. The molecular weight excluding hydrogens is 975 g/mol. The quantitative estimate of drug-likeness (QED) is 0.0872. The lowest BCUT2D eigenvalue weighted by Gasteiger charge is -2.43. The van der Waals surface area contributed by atoms with Crippen molar-refractivity contribution in [3.05, 3.63) is 168 Å². The van der Waals surface area contributed by atoms with E-state index in [-0.39, 0.29) is 28.9 Å². The number of sulfonamides is 2. The third kappa shape index (κ3) is 12.7. The summed E-state index contributed by atoms with van der Waals surface area (Å²) in [7, 11) is -8.15. The Morgan fingerprint density at radius 2 is 0.958 bits per heavy atom. The monoisotopic (exact) mass is 1020 g/mol. The normalized spacial score (nSPS) is 18.5. The minimum Gasteiger partial charge on any atom is -0.406 e. The van der Waals surface area contributed by atoms with Gasteiger partial charge in [-0.15, -0.1) is 26.3 Å². The molecule has 0 spiro atoms. The van der Waals surface area contributed by atoms with Gasteiger partial charge in [-0.05, 0) is 140 Å². The minimum absolute atomic E-state index is 0.148. The third-order valence-electron chi connectivity index (χ3n) is 12.5. The summed E-state index contributed by atoms with van der Waals surface area (Å²) in [6, 6.07) is 38.6. The zero-order chi connectivity index (χ0) is 50.6. The van der Waals surface area contributed by atoms with Crippen molar-refractivity contribution < 1.29 is 62.9 Å². The van der Waals surface area contributed by atoms with Crippen LogP contribution in [0, 0.1) is 0 Å². The van der Waals surface area contributed by atoms with Crippen molar-refractivity contribution in [3.8, 4) is 11.5 Å². The molecule has 1 unspecified atom stereocenters. The summed E-state index contributed by atoms with van der Waals surface area (Å²) in [5.74, 6) is -1.03. The number of aryl methyl sites for hydroxylation is 4. The van der Waals surface area contributed by atoms with Crippen LogP contribution in [-0.4, -0.2) is 77.2 Å². The average molecular weight is 1030 g/mol. The molecule has 1 saturated carbocycles. The molecule has 2 heterocycles. The van der Waals surface area contributed by atoms with Crippen LogP contribution in [0.25, 0.3) is 0 Å². The predicted octanol–water partition coefficient (Wildman–Crippen LogP) is 9.24. The topological polar surface area (TPSA) is 158 Å².